The second kappa shape index (κ2) is 7.61. The van der Waals surface area contributed by atoms with Crippen molar-refractivity contribution >= 4 is 22.0 Å². The molecule has 1 rings (SSSR count). The van der Waals surface area contributed by atoms with E-state index in [0.29, 0.717) is 25.1 Å². The number of nitrogens with zero attached hydrogens (tertiary/aromatic N) is 1. The molecule has 0 aromatic heterocycles. The van der Waals surface area contributed by atoms with Crippen molar-refractivity contribution in [3.8, 4) is 0 Å². The lowest BCUT2D eigenvalue weighted by Gasteiger charge is -2.41. The summed E-state index contributed by atoms with van der Waals surface area (Å²) in [5.74, 6) is 0. The van der Waals surface area contributed by atoms with Gasteiger partial charge < -0.3 is 19.1 Å². The zero-order chi connectivity index (χ0) is 15.2. The van der Waals surface area contributed by atoms with Gasteiger partial charge in [-0.15, -0.1) is 0 Å². The Labute approximate surface area is 130 Å². The predicted octanol–water partition coefficient (Wildman–Crippen LogP) is 2.81. The third-order valence-electron chi connectivity index (χ3n) is 3.13. The second-order valence-electron chi connectivity index (χ2n) is 6.16. The van der Waals surface area contributed by atoms with E-state index in [9.17, 15) is 4.79 Å². The number of piperidine rings is 1. The summed E-state index contributed by atoms with van der Waals surface area (Å²) in [6, 6.07) is 0. The number of rotatable bonds is 5. The molecule has 1 aliphatic rings. The molecule has 20 heavy (non-hydrogen) atoms. The molecule has 1 fully saturated rings. The molecule has 0 N–H and O–H groups in total. The molecule has 1 heterocycles. The van der Waals surface area contributed by atoms with Crippen molar-refractivity contribution in [2.24, 2.45) is 0 Å². The lowest BCUT2D eigenvalue weighted by Crippen LogP contribution is -2.54. The summed E-state index contributed by atoms with van der Waals surface area (Å²) in [5.41, 5.74) is -0.809. The molecule has 0 bridgehead atoms. The van der Waals surface area contributed by atoms with Crippen molar-refractivity contribution in [2.45, 2.75) is 44.8 Å². The Kier molecular flexibility index (Phi) is 6.75. The Hall–Kier alpha value is -0.330. The maximum absolute atomic E-state index is 12.2. The van der Waals surface area contributed by atoms with E-state index >= 15 is 0 Å². The third kappa shape index (κ3) is 5.58. The van der Waals surface area contributed by atoms with Crippen LogP contribution in [-0.2, 0) is 14.2 Å². The lowest BCUT2D eigenvalue weighted by atomic mass is 9.95. The summed E-state index contributed by atoms with van der Waals surface area (Å²) in [5, 5.41) is 0.697. The van der Waals surface area contributed by atoms with Crippen molar-refractivity contribution in [3.05, 3.63) is 0 Å². The van der Waals surface area contributed by atoms with E-state index in [1.807, 2.05) is 20.8 Å². The highest BCUT2D eigenvalue weighted by atomic mass is 79.9. The lowest BCUT2D eigenvalue weighted by molar-refractivity contribution is -0.0867. The van der Waals surface area contributed by atoms with Crippen molar-refractivity contribution in [2.75, 3.05) is 38.7 Å². The Morgan fingerprint density at radius 1 is 1.35 bits per heavy atom. The Balaban J connectivity index is 2.61. The van der Waals surface area contributed by atoms with Crippen LogP contribution >= 0.6 is 15.9 Å². The molecule has 5 nitrogen and oxygen atoms in total. The highest BCUT2D eigenvalue weighted by Gasteiger charge is 2.38. The first-order valence-corrected chi connectivity index (χ1v) is 8.11. The molecule has 1 aliphatic heterocycles. The number of hydrogen-bond donors (Lipinski definition) is 0. The van der Waals surface area contributed by atoms with Gasteiger partial charge in [-0.05, 0) is 33.6 Å². The maximum Gasteiger partial charge on any atom is 0.410 e. The SMILES string of the molecule is COCCOC1(CBr)CCCN(C(=O)OC(C)(C)C)C1. The number of halogens is 1. The number of hydrogen-bond acceptors (Lipinski definition) is 4. The van der Waals surface area contributed by atoms with Gasteiger partial charge >= 0.3 is 6.09 Å². The smallest absolute Gasteiger partial charge is 0.410 e. The van der Waals surface area contributed by atoms with E-state index in [2.05, 4.69) is 15.9 Å². The van der Waals surface area contributed by atoms with E-state index in [0.717, 1.165) is 19.4 Å². The third-order valence-corrected chi connectivity index (χ3v) is 4.15. The number of carbonyl (C=O) groups is 1. The zero-order valence-electron chi connectivity index (χ0n) is 12.9. The predicted molar refractivity (Wildman–Crippen MR) is 81.4 cm³/mol. The van der Waals surface area contributed by atoms with Crippen molar-refractivity contribution < 1.29 is 19.0 Å². The molecule has 0 aromatic rings. The average molecular weight is 352 g/mol. The van der Waals surface area contributed by atoms with Crippen molar-refractivity contribution in [3.63, 3.8) is 0 Å². The Bertz CT molecular complexity index is 319. The van der Waals surface area contributed by atoms with Gasteiger partial charge in [0.05, 0.1) is 25.4 Å². The van der Waals surface area contributed by atoms with E-state index in [-0.39, 0.29) is 11.7 Å². The van der Waals surface area contributed by atoms with Gasteiger partial charge in [0.25, 0.3) is 0 Å². The standard InChI is InChI=1S/C14H26BrNO4/c1-13(2,3)20-12(17)16-7-5-6-14(10-15,11-16)19-9-8-18-4/h5-11H2,1-4H3. The molecular formula is C14H26BrNO4. The number of ether oxygens (including phenoxy) is 3. The summed E-state index contributed by atoms with van der Waals surface area (Å²) < 4.78 is 16.4. The first-order valence-electron chi connectivity index (χ1n) is 6.99. The summed E-state index contributed by atoms with van der Waals surface area (Å²) in [6.45, 7) is 7.99. The number of carbonyl (C=O) groups excluding carboxylic acids is 1. The largest absolute Gasteiger partial charge is 0.444 e. The summed E-state index contributed by atoms with van der Waals surface area (Å²) in [7, 11) is 1.65. The van der Waals surface area contributed by atoms with Gasteiger partial charge in [-0.25, -0.2) is 4.79 Å². The van der Waals surface area contributed by atoms with Crippen LogP contribution < -0.4 is 0 Å². The number of likely N-dealkylation sites (tertiary alicyclic amines) is 1. The van der Waals surface area contributed by atoms with Gasteiger partial charge in [0, 0.05) is 19.0 Å². The van der Waals surface area contributed by atoms with Crippen LogP contribution in [0.4, 0.5) is 4.79 Å². The van der Waals surface area contributed by atoms with Crippen LogP contribution in [0.15, 0.2) is 0 Å². The fourth-order valence-corrected chi connectivity index (χ4v) is 2.81. The molecule has 1 saturated heterocycles. The fraction of sp³-hybridized carbons (Fsp3) is 0.929. The molecule has 0 spiro atoms. The number of amides is 1. The van der Waals surface area contributed by atoms with Gasteiger partial charge in [0.15, 0.2) is 0 Å². The molecular weight excluding hydrogens is 326 g/mol. The van der Waals surface area contributed by atoms with E-state index in [4.69, 9.17) is 14.2 Å². The first-order chi connectivity index (χ1) is 9.32. The topological polar surface area (TPSA) is 48.0 Å². The van der Waals surface area contributed by atoms with Gasteiger partial charge in [0.1, 0.15) is 5.60 Å². The molecule has 0 radical (unpaired) electrons. The highest BCUT2D eigenvalue weighted by Crippen LogP contribution is 2.28. The van der Waals surface area contributed by atoms with Crippen LogP contribution in [-0.4, -0.2) is 60.9 Å². The van der Waals surface area contributed by atoms with Crippen molar-refractivity contribution in [1.29, 1.82) is 0 Å². The highest BCUT2D eigenvalue weighted by molar-refractivity contribution is 9.09. The van der Waals surface area contributed by atoms with Crippen LogP contribution in [0, 0.1) is 0 Å². The molecule has 1 unspecified atom stereocenters. The van der Waals surface area contributed by atoms with Gasteiger partial charge in [-0.2, -0.15) is 0 Å². The summed E-state index contributed by atoms with van der Waals surface area (Å²) in [6.07, 6.45) is 1.58. The monoisotopic (exact) mass is 351 g/mol. The quantitative estimate of drug-likeness (QED) is 0.564. The second-order valence-corrected chi connectivity index (χ2v) is 6.72. The number of alkyl halides is 1. The first kappa shape index (κ1) is 17.7. The van der Waals surface area contributed by atoms with Crippen LogP contribution in [0.1, 0.15) is 33.6 Å². The maximum atomic E-state index is 12.2. The summed E-state index contributed by atoms with van der Waals surface area (Å²) in [4.78, 5) is 13.9. The molecule has 0 saturated carbocycles. The summed E-state index contributed by atoms with van der Waals surface area (Å²) >= 11 is 3.51. The zero-order valence-corrected chi connectivity index (χ0v) is 14.5. The normalized spacial score (nSPS) is 23.8. The van der Waals surface area contributed by atoms with Crippen LogP contribution in [0.25, 0.3) is 0 Å². The van der Waals surface area contributed by atoms with Gasteiger partial charge in [-0.1, -0.05) is 15.9 Å². The van der Waals surface area contributed by atoms with Gasteiger partial charge in [0.2, 0.25) is 0 Å². The fourth-order valence-electron chi connectivity index (χ4n) is 2.19. The van der Waals surface area contributed by atoms with E-state index in [1.165, 1.54) is 0 Å². The minimum Gasteiger partial charge on any atom is -0.444 e. The molecule has 1 atom stereocenters. The minimum absolute atomic E-state index is 0.266. The Morgan fingerprint density at radius 3 is 2.60 bits per heavy atom. The molecule has 118 valence electrons. The van der Waals surface area contributed by atoms with Crippen LogP contribution in [0.2, 0.25) is 0 Å². The Morgan fingerprint density at radius 2 is 2.05 bits per heavy atom. The molecule has 0 aromatic carbocycles. The van der Waals surface area contributed by atoms with E-state index < -0.39 is 5.60 Å². The minimum atomic E-state index is -0.470. The number of methoxy groups -OCH3 is 1. The van der Waals surface area contributed by atoms with Crippen LogP contribution in [0.5, 0.6) is 0 Å². The van der Waals surface area contributed by atoms with Crippen LogP contribution in [0.3, 0.4) is 0 Å². The van der Waals surface area contributed by atoms with Crippen molar-refractivity contribution in [1.82, 2.24) is 4.90 Å². The van der Waals surface area contributed by atoms with Gasteiger partial charge in [-0.3, -0.25) is 0 Å². The molecule has 6 heteroatoms. The molecule has 0 aliphatic carbocycles. The molecule has 1 amide bonds. The van der Waals surface area contributed by atoms with E-state index in [1.54, 1.807) is 12.0 Å². The average Bonchev–Trinajstić information content (AvgIpc) is 2.37.